The summed E-state index contributed by atoms with van der Waals surface area (Å²) in [6.45, 7) is 8.45. The summed E-state index contributed by atoms with van der Waals surface area (Å²) >= 11 is 0. The van der Waals surface area contributed by atoms with Gasteiger partial charge in [-0.3, -0.25) is 0 Å². The summed E-state index contributed by atoms with van der Waals surface area (Å²) in [5.41, 5.74) is 8.55. The van der Waals surface area contributed by atoms with Gasteiger partial charge < -0.3 is 9.64 Å². The first-order valence-corrected chi connectivity index (χ1v) is 17.9. The number of para-hydroxylation sites is 4. The standard InChI is InChI=1S/C48H28N6O/c1-50-39-29-42(33(30-49)28-34(39)47-52-45(31-16-4-2-5-17-31)51-46(53-47)32-18-6-3-7-19-32)54-40-24-12-8-20-35(40)48(36-21-9-13-25-41(36)54)37-22-10-14-26-43(37)55-44-27-15-11-23-38(44)48/h2-29H. The van der Waals surface area contributed by atoms with Gasteiger partial charge in [0.15, 0.2) is 23.2 Å². The quantitative estimate of drug-likeness (QED) is 0.170. The highest BCUT2D eigenvalue weighted by atomic mass is 16.5. The van der Waals surface area contributed by atoms with E-state index in [0.717, 1.165) is 56.3 Å². The summed E-state index contributed by atoms with van der Waals surface area (Å²) < 4.78 is 6.54. The molecule has 0 unspecified atom stereocenters. The molecule has 1 spiro atoms. The molecule has 7 nitrogen and oxygen atoms in total. The number of nitrogens with zero attached hydrogens (tertiary/aromatic N) is 6. The zero-order chi connectivity index (χ0) is 36.9. The van der Waals surface area contributed by atoms with E-state index in [1.807, 2.05) is 97.1 Å². The molecule has 7 aromatic carbocycles. The monoisotopic (exact) mass is 704 g/mol. The number of anilines is 3. The number of aromatic nitrogens is 3. The van der Waals surface area contributed by atoms with Crippen molar-refractivity contribution in [3.05, 3.63) is 209 Å². The van der Waals surface area contributed by atoms with Crippen LogP contribution in [0.3, 0.4) is 0 Å². The summed E-state index contributed by atoms with van der Waals surface area (Å²) in [6.07, 6.45) is 0. The Morgan fingerprint density at radius 3 is 1.49 bits per heavy atom. The maximum absolute atomic E-state index is 10.9. The zero-order valence-electron chi connectivity index (χ0n) is 29.3. The van der Waals surface area contributed by atoms with Crippen LogP contribution in [-0.2, 0) is 5.41 Å². The molecule has 1 aromatic heterocycles. The van der Waals surface area contributed by atoms with Crippen LogP contribution in [0, 0.1) is 17.9 Å². The van der Waals surface area contributed by atoms with E-state index in [4.69, 9.17) is 26.3 Å². The Labute approximate surface area is 317 Å². The molecule has 0 amide bonds. The lowest BCUT2D eigenvalue weighted by Crippen LogP contribution is -2.39. The van der Waals surface area contributed by atoms with Crippen molar-refractivity contribution in [2.45, 2.75) is 5.41 Å². The summed E-state index contributed by atoms with van der Waals surface area (Å²) in [5.74, 6) is 2.85. The second-order valence-electron chi connectivity index (χ2n) is 13.4. The van der Waals surface area contributed by atoms with Crippen molar-refractivity contribution >= 4 is 22.7 Å². The van der Waals surface area contributed by atoms with Gasteiger partial charge in [-0.25, -0.2) is 19.8 Å². The molecular weight excluding hydrogens is 677 g/mol. The Kier molecular flexibility index (Phi) is 7.33. The molecule has 0 fully saturated rings. The molecule has 0 saturated carbocycles. The molecule has 10 rings (SSSR count). The van der Waals surface area contributed by atoms with E-state index >= 15 is 0 Å². The molecule has 7 heteroatoms. The number of ether oxygens (including phenoxy) is 1. The van der Waals surface area contributed by atoms with Crippen molar-refractivity contribution in [2.24, 2.45) is 0 Å². The Balaban J connectivity index is 1.22. The number of hydrogen-bond donors (Lipinski definition) is 0. The molecule has 256 valence electrons. The summed E-state index contributed by atoms with van der Waals surface area (Å²) in [4.78, 5) is 20.8. The molecule has 0 bridgehead atoms. The van der Waals surface area contributed by atoms with Gasteiger partial charge in [-0.15, -0.1) is 0 Å². The first kappa shape index (κ1) is 31.8. The van der Waals surface area contributed by atoms with Gasteiger partial charge in [-0.1, -0.05) is 133 Å². The van der Waals surface area contributed by atoms with Crippen LogP contribution < -0.4 is 9.64 Å². The second-order valence-corrected chi connectivity index (χ2v) is 13.4. The highest BCUT2D eigenvalue weighted by molar-refractivity contribution is 5.94. The number of nitriles is 1. The van der Waals surface area contributed by atoms with Gasteiger partial charge in [0.2, 0.25) is 0 Å². The number of rotatable bonds is 4. The van der Waals surface area contributed by atoms with Gasteiger partial charge in [-0.2, -0.15) is 5.26 Å². The topological polar surface area (TPSA) is 79.3 Å². The predicted octanol–water partition coefficient (Wildman–Crippen LogP) is 11.6. The number of fused-ring (bicyclic) bond motifs is 8. The van der Waals surface area contributed by atoms with Crippen LogP contribution in [0.1, 0.15) is 27.8 Å². The van der Waals surface area contributed by atoms with Crippen LogP contribution in [0.25, 0.3) is 39.0 Å². The van der Waals surface area contributed by atoms with E-state index in [0.29, 0.717) is 40.0 Å². The number of benzene rings is 7. The van der Waals surface area contributed by atoms with Crippen LogP contribution in [0.15, 0.2) is 170 Å². The lowest BCUT2D eigenvalue weighted by molar-refractivity contribution is 0.434. The Morgan fingerprint density at radius 1 is 0.527 bits per heavy atom. The summed E-state index contributed by atoms with van der Waals surface area (Å²) in [7, 11) is 0. The molecular formula is C48H28N6O. The molecule has 55 heavy (non-hydrogen) atoms. The smallest absolute Gasteiger partial charge is 0.200 e. The van der Waals surface area contributed by atoms with E-state index in [2.05, 4.69) is 76.5 Å². The van der Waals surface area contributed by atoms with E-state index in [1.165, 1.54) is 0 Å². The van der Waals surface area contributed by atoms with Crippen molar-refractivity contribution in [3.8, 4) is 51.7 Å². The average Bonchev–Trinajstić information content (AvgIpc) is 3.26. The van der Waals surface area contributed by atoms with Crippen molar-refractivity contribution in [2.75, 3.05) is 4.90 Å². The molecule has 0 saturated heterocycles. The van der Waals surface area contributed by atoms with Gasteiger partial charge >= 0.3 is 0 Å². The highest BCUT2D eigenvalue weighted by Crippen LogP contribution is 2.63. The molecule has 3 heterocycles. The van der Waals surface area contributed by atoms with Gasteiger partial charge in [0.1, 0.15) is 17.6 Å². The number of hydrogen-bond acceptors (Lipinski definition) is 6. The molecule has 0 atom stereocenters. The summed E-state index contributed by atoms with van der Waals surface area (Å²) in [6, 6.07) is 58.5. The van der Waals surface area contributed by atoms with E-state index in [9.17, 15) is 5.26 Å². The average molecular weight is 705 g/mol. The normalized spacial score (nSPS) is 12.9. The minimum absolute atomic E-state index is 0.315. The fourth-order valence-corrected chi connectivity index (χ4v) is 8.13. The molecule has 2 aliphatic rings. The third-order valence-corrected chi connectivity index (χ3v) is 10.4. The van der Waals surface area contributed by atoms with Crippen molar-refractivity contribution in [3.63, 3.8) is 0 Å². The Hall–Kier alpha value is -7.87. The lowest BCUT2D eigenvalue weighted by atomic mass is 9.61. The largest absolute Gasteiger partial charge is 0.457 e. The fourth-order valence-electron chi connectivity index (χ4n) is 8.13. The minimum Gasteiger partial charge on any atom is -0.457 e. The van der Waals surface area contributed by atoms with Gasteiger partial charge in [0.05, 0.1) is 34.6 Å². The molecule has 2 aliphatic heterocycles. The van der Waals surface area contributed by atoms with Crippen molar-refractivity contribution in [1.82, 2.24) is 15.0 Å². The van der Waals surface area contributed by atoms with Gasteiger partial charge in [0, 0.05) is 27.8 Å². The van der Waals surface area contributed by atoms with Crippen molar-refractivity contribution < 1.29 is 4.74 Å². The first-order chi connectivity index (χ1) is 27.2. The lowest BCUT2D eigenvalue weighted by Gasteiger charge is -2.48. The van der Waals surface area contributed by atoms with Gasteiger partial charge in [0.25, 0.3) is 0 Å². The van der Waals surface area contributed by atoms with E-state index < -0.39 is 5.41 Å². The van der Waals surface area contributed by atoms with Crippen LogP contribution in [0.5, 0.6) is 11.5 Å². The maximum Gasteiger partial charge on any atom is 0.200 e. The second kappa shape index (κ2) is 12.7. The zero-order valence-corrected chi connectivity index (χ0v) is 29.3. The van der Waals surface area contributed by atoms with E-state index in [-0.39, 0.29) is 0 Å². The van der Waals surface area contributed by atoms with Crippen LogP contribution in [-0.4, -0.2) is 15.0 Å². The van der Waals surface area contributed by atoms with Crippen LogP contribution in [0.2, 0.25) is 0 Å². The molecule has 0 aliphatic carbocycles. The predicted molar refractivity (Wildman–Crippen MR) is 214 cm³/mol. The van der Waals surface area contributed by atoms with E-state index in [1.54, 1.807) is 12.1 Å². The van der Waals surface area contributed by atoms with Gasteiger partial charge in [-0.05, 0) is 47.5 Å². The molecule has 0 N–H and O–H groups in total. The first-order valence-electron chi connectivity index (χ1n) is 17.9. The van der Waals surface area contributed by atoms with Crippen LogP contribution >= 0.6 is 0 Å². The summed E-state index contributed by atoms with van der Waals surface area (Å²) in [5, 5.41) is 10.9. The molecule has 0 radical (unpaired) electrons. The highest BCUT2D eigenvalue weighted by Gasteiger charge is 2.51. The molecule has 8 aromatic rings. The Morgan fingerprint density at radius 2 is 0.982 bits per heavy atom. The third kappa shape index (κ3) is 4.85. The maximum atomic E-state index is 10.9. The van der Waals surface area contributed by atoms with Crippen LogP contribution in [0.4, 0.5) is 22.7 Å². The minimum atomic E-state index is -0.725. The fraction of sp³-hybridized carbons (Fsp3) is 0.0208. The Bertz CT molecular complexity index is 2740. The SMILES string of the molecule is [C-]#[N+]c1cc(N2c3ccccc3C3(c4ccccc4Oc4ccccc43)c3ccccc32)c(C#N)cc1-c1nc(-c2ccccc2)nc(-c2ccccc2)n1. The van der Waals surface area contributed by atoms with Crippen molar-refractivity contribution in [1.29, 1.82) is 5.26 Å². The third-order valence-electron chi connectivity index (χ3n) is 10.4.